The second-order valence-corrected chi connectivity index (χ2v) is 7.25. The zero-order valence-corrected chi connectivity index (χ0v) is 13.5. The molecule has 0 radical (unpaired) electrons. The zero-order chi connectivity index (χ0) is 16.1. The first-order chi connectivity index (χ1) is 9.85. The Balaban J connectivity index is 3.21. The van der Waals surface area contributed by atoms with Crippen molar-refractivity contribution >= 4 is 15.7 Å². The fourth-order valence-electron chi connectivity index (χ4n) is 2.08. The van der Waals surface area contributed by atoms with E-state index in [1.165, 1.54) is 12.1 Å². The average Bonchev–Trinajstić information content (AvgIpc) is 2.52. The summed E-state index contributed by atoms with van der Waals surface area (Å²) in [7, 11) is -3.47. The van der Waals surface area contributed by atoms with Gasteiger partial charge in [-0.15, -0.1) is 0 Å². The molecule has 1 rings (SSSR count). The number of hydrogen-bond acceptors (Lipinski definition) is 4. The van der Waals surface area contributed by atoms with Crippen LogP contribution >= 0.6 is 0 Å². The monoisotopic (exact) mass is 313 g/mol. The van der Waals surface area contributed by atoms with Gasteiger partial charge in [-0.25, -0.2) is 8.42 Å². The average molecular weight is 313 g/mol. The van der Waals surface area contributed by atoms with Crippen molar-refractivity contribution in [3.63, 3.8) is 0 Å². The second-order valence-electron chi connectivity index (χ2n) is 5.00. The number of sulfone groups is 1. The Labute approximate surface area is 126 Å². The Bertz CT molecular complexity index is 583. The SMILES string of the molecule is CCC(CC)(CO)NC(=O)c1ccccc1S(=O)(=O)CC. The van der Waals surface area contributed by atoms with Gasteiger partial charge in [-0.3, -0.25) is 4.79 Å². The highest BCUT2D eigenvalue weighted by Gasteiger charge is 2.29. The van der Waals surface area contributed by atoms with Gasteiger partial charge in [0, 0.05) is 0 Å². The van der Waals surface area contributed by atoms with Crippen molar-refractivity contribution in [3.05, 3.63) is 29.8 Å². The summed E-state index contributed by atoms with van der Waals surface area (Å²) in [5.41, 5.74) is -0.598. The van der Waals surface area contributed by atoms with Crippen molar-refractivity contribution in [2.24, 2.45) is 0 Å². The van der Waals surface area contributed by atoms with Gasteiger partial charge >= 0.3 is 0 Å². The Morgan fingerprint density at radius 1 is 1.19 bits per heavy atom. The third-order valence-corrected chi connectivity index (χ3v) is 5.67. The number of aliphatic hydroxyl groups is 1. The van der Waals surface area contributed by atoms with Crippen molar-refractivity contribution in [2.45, 2.75) is 44.0 Å². The molecule has 0 atom stereocenters. The highest BCUT2D eigenvalue weighted by molar-refractivity contribution is 7.91. The summed E-state index contributed by atoms with van der Waals surface area (Å²) in [6.45, 7) is 5.10. The van der Waals surface area contributed by atoms with Crippen LogP contribution in [-0.4, -0.2) is 37.3 Å². The van der Waals surface area contributed by atoms with Crippen LogP contribution < -0.4 is 5.32 Å². The number of nitrogens with one attached hydrogen (secondary N) is 1. The van der Waals surface area contributed by atoms with E-state index < -0.39 is 21.3 Å². The summed E-state index contributed by atoms with van der Waals surface area (Å²) in [5.74, 6) is -0.537. The molecule has 0 saturated carbocycles. The van der Waals surface area contributed by atoms with Crippen molar-refractivity contribution in [3.8, 4) is 0 Å². The van der Waals surface area contributed by atoms with Crippen LogP contribution in [0, 0.1) is 0 Å². The largest absolute Gasteiger partial charge is 0.394 e. The Hall–Kier alpha value is -1.40. The number of carbonyl (C=O) groups excluding carboxylic acids is 1. The Morgan fingerprint density at radius 2 is 1.76 bits per heavy atom. The predicted octanol–water partition coefficient (Wildman–Crippen LogP) is 1.76. The van der Waals surface area contributed by atoms with Crippen LogP contribution in [0.25, 0.3) is 0 Å². The minimum Gasteiger partial charge on any atom is -0.394 e. The summed E-state index contributed by atoms with van der Waals surface area (Å²) >= 11 is 0. The molecule has 21 heavy (non-hydrogen) atoms. The molecular formula is C15H23NO4S. The molecule has 6 heteroatoms. The van der Waals surface area contributed by atoms with E-state index in [9.17, 15) is 18.3 Å². The van der Waals surface area contributed by atoms with E-state index >= 15 is 0 Å². The van der Waals surface area contributed by atoms with Gasteiger partial charge in [0.15, 0.2) is 9.84 Å². The lowest BCUT2D eigenvalue weighted by Crippen LogP contribution is -2.50. The lowest BCUT2D eigenvalue weighted by molar-refractivity contribution is 0.0814. The van der Waals surface area contributed by atoms with Gasteiger partial charge in [0.1, 0.15) is 0 Å². The minimum atomic E-state index is -3.47. The molecule has 5 nitrogen and oxygen atoms in total. The van der Waals surface area contributed by atoms with E-state index in [0.717, 1.165) is 0 Å². The smallest absolute Gasteiger partial charge is 0.253 e. The second kappa shape index (κ2) is 7.04. The molecule has 2 N–H and O–H groups in total. The fraction of sp³-hybridized carbons (Fsp3) is 0.533. The van der Waals surface area contributed by atoms with E-state index in [1.807, 2.05) is 13.8 Å². The normalized spacial score (nSPS) is 12.2. The van der Waals surface area contributed by atoms with E-state index in [-0.39, 0.29) is 22.8 Å². The first-order valence-corrected chi connectivity index (χ1v) is 8.76. The first kappa shape index (κ1) is 17.7. The van der Waals surface area contributed by atoms with Crippen molar-refractivity contribution in [1.29, 1.82) is 0 Å². The standard InChI is InChI=1S/C15H23NO4S/c1-4-15(5-2,11-17)16-14(18)12-9-7-8-10-13(12)21(19,20)6-3/h7-10,17H,4-6,11H2,1-3H3,(H,16,18). The molecule has 0 aliphatic rings. The van der Waals surface area contributed by atoms with Crippen molar-refractivity contribution in [1.82, 2.24) is 5.32 Å². The molecule has 0 aliphatic heterocycles. The lowest BCUT2D eigenvalue weighted by Gasteiger charge is -2.31. The number of benzene rings is 1. The number of hydrogen-bond donors (Lipinski definition) is 2. The van der Waals surface area contributed by atoms with E-state index in [2.05, 4.69) is 5.32 Å². The summed E-state index contributed by atoms with van der Waals surface area (Å²) in [6, 6.07) is 6.15. The number of carbonyl (C=O) groups is 1. The van der Waals surface area contributed by atoms with Gasteiger partial charge < -0.3 is 10.4 Å². The van der Waals surface area contributed by atoms with Crippen molar-refractivity contribution in [2.75, 3.05) is 12.4 Å². The molecule has 118 valence electrons. The highest BCUT2D eigenvalue weighted by Crippen LogP contribution is 2.20. The van der Waals surface area contributed by atoms with Gasteiger partial charge in [-0.2, -0.15) is 0 Å². The molecule has 1 aromatic carbocycles. The maximum atomic E-state index is 12.4. The van der Waals surface area contributed by atoms with E-state index in [0.29, 0.717) is 12.8 Å². The Morgan fingerprint density at radius 3 is 2.24 bits per heavy atom. The summed E-state index contributed by atoms with van der Waals surface area (Å²) in [5, 5.41) is 12.3. The van der Waals surface area contributed by atoms with E-state index in [4.69, 9.17) is 0 Å². The van der Waals surface area contributed by atoms with Gasteiger partial charge in [-0.05, 0) is 25.0 Å². The third-order valence-electron chi connectivity index (χ3n) is 3.88. The minimum absolute atomic E-state index is 0.0315. The molecule has 0 aliphatic carbocycles. The number of amides is 1. The predicted molar refractivity (Wildman–Crippen MR) is 82.0 cm³/mol. The molecule has 0 fully saturated rings. The molecule has 0 spiro atoms. The molecule has 0 aromatic heterocycles. The van der Waals surface area contributed by atoms with Crippen LogP contribution in [0.2, 0.25) is 0 Å². The number of aliphatic hydroxyl groups excluding tert-OH is 1. The molecule has 1 amide bonds. The maximum Gasteiger partial charge on any atom is 0.253 e. The summed E-state index contributed by atoms with van der Waals surface area (Å²) < 4.78 is 24.1. The van der Waals surface area contributed by atoms with Crippen LogP contribution in [0.5, 0.6) is 0 Å². The van der Waals surface area contributed by atoms with Gasteiger partial charge in [0.2, 0.25) is 0 Å². The lowest BCUT2D eigenvalue weighted by atomic mass is 9.93. The molecule has 0 heterocycles. The Kier molecular flexibility index (Phi) is 5.92. The quantitative estimate of drug-likeness (QED) is 0.803. The molecule has 1 aromatic rings. The van der Waals surface area contributed by atoms with Gasteiger partial charge in [0.25, 0.3) is 5.91 Å². The summed E-state index contributed by atoms with van der Waals surface area (Å²) in [6.07, 6.45) is 1.13. The zero-order valence-electron chi connectivity index (χ0n) is 12.7. The van der Waals surface area contributed by atoms with Gasteiger partial charge in [-0.1, -0.05) is 32.9 Å². The highest BCUT2D eigenvalue weighted by atomic mass is 32.2. The van der Waals surface area contributed by atoms with Crippen LogP contribution in [0.15, 0.2) is 29.2 Å². The third kappa shape index (κ3) is 3.83. The fourth-order valence-corrected chi connectivity index (χ4v) is 3.17. The number of rotatable bonds is 7. The topological polar surface area (TPSA) is 83.5 Å². The van der Waals surface area contributed by atoms with Gasteiger partial charge in [0.05, 0.1) is 28.4 Å². The first-order valence-electron chi connectivity index (χ1n) is 7.11. The molecule has 0 unspecified atom stereocenters. The van der Waals surface area contributed by atoms with Crippen LogP contribution in [-0.2, 0) is 9.84 Å². The molecule has 0 bridgehead atoms. The van der Waals surface area contributed by atoms with Crippen LogP contribution in [0.1, 0.15) is 44.0 Å². The van der Waals surface area contributed by atoms with E-state index in [1.54, 1.807) is 19.1 Å². The van der Waals surface area contributed by atoms with Crippen molar-refractivity contribution < 1.29 is 18.3 Å². The van der Waals surface area contributed by atoms with Crippen LogP contribution in [0.3, 0.4) is 0 Å². The van der Waals surface area contributed by atoms with Crippen LogP contribution in [0.4, 0.5) is 0 Å². The molecular weight excluding hydrogens is 290 g/mol. The summed E-state index contributed by atoms with van der Waals surface area (Å²) in [4.78, 5) is 12.5. The maximum absolute atomic E-state index is 12.4. The molecule has 0 saturated heterocycles.